The fourth-order valence-electron chi connectivity index (χ4n) is 1.10. The average molecular weight is 266 g/mol. The van der Waals surface area contributed by atoms with Crippen LogP contribution in [0.25, 0.3) is 0 Å². The first kappa shape index (κ1) is 14.6. The van der Waals surface area contributed by atoms with Gasteiger partial charge in [-0.15, -0.1) is 0 Å². The molecule has 0 saturated carbocycles. The lowest BCUT2D eigenvalue weighted by atomic mass is 10.3. The van der Waals surface area contributed by atoms with Crippen molar-refractivity contribution in [3.63, 3.8) is 0 Å². The van der Waals surface area contributed by atoms with E-state index in [1.54, 1.807) is 0 Å². The molecular formula is C8H11F5O4. The maximum absolute atomic E-state index is 13.5. The third-order valence-corrected chi connectivity index (χ3v) is 2.05. The summed E-state index contributed by atoms with van der Waals surface area (Å²) >= 11 is 0. The largest absolute Gasteiger partial charge is 0.443 e. The molecule has 1 aliphatic rings. The maximum atomic E-state index is 13.5. The Hall–Kier alpha value is -0.510. The zero-order valence-electron chi connectivity index (χ0n) is 8.76. The molecule has 0 aliphatic carbocycles. The third kappa shape index (κ3) is 2.84. The van der Waals surface area contributed by atoms with Crippen molar-refractivity contribution in [2.45, 2.75) is 37.7 Å². The highest BCUT2D eigenvalue weighted by molar-refractivity contribution is 4.84. The van der Waals surface area contributed by atoms with Gasteiger partial charge >= 0.3 is 12.2 Å². The van der Waals surface area contributed by atoms with Gasteiger partial charge in [-0.05, 0) is 13.3 Å². The predicted molar refractivity (Wildman–Crippen MR) is 43.0 cm³/mol. The van der Waals surface area contributed by atoms with Gasteiger partial charge in [0.1, 0.15) is 0 Å². The number of aliphatic hydroxyl groups is 1. The Bertz CT molecular complexity index is 273. The Balaban J connectivity index is 2.71. The van der Waals surface area contributed by atoms with Gasteiger partial charge in [0.2, 0.25) is 0 Å². The molecule has 3 unspecified atom stereocenters. The van der Waals surface area contributed by atoms with Gasteiger partial charge in [-0.1, -0.05) is 0 Å². The van der Waals surface area contributed by atoms with Gasteiger partial charge in [-0.25, -0.2) is 4.39 Å². The molecule has 4 nitrogen and oxygen atoms in total. The molecule has 0 aromatic carbocycles. The molecule has 0 bridgehead atoms. The van der Waals surface area contributed by atoms with Crippen molar-refractivity contribution in [1.29, 1.82) is 0 Å². The summed E-state index contributed by atoms with van der Waals surface area (Å²) < 4.78 is 75.5. The fraction of sp³-hybridized carbons (Fsp3) is 1.00. The van der Waals surface area contributed by atoms with E-state index in [0.717, 1.165) is 0 Å². The van der Waals surface area contributed by atoms with Gasteiger partial charge in [0, 0.05) is 6.61 Å². The molecule has 0 spiro atoms. The summed E-state index contributed by atoms with van der Waals surface area (Å²) in [5.74, 6) is -3.40. The summed E-state index contributed by atoms with van der Waals surface area (Å²) in [6, 6.07) is -3.63. The molecule has 0 amide bonds. The number of halogens is 5. The van der Waals surface area contributed by atoms with Crippen LogP contribution >= 0.6 is 0 Å². The molecule has 1 heterocycles. The van der Waals surface area contributed by atoms with Crippen molar-refractivity contribution in [2.24, 2.45) is 0 Å². The lowest BCUT2D eigenvalue weighted by Crippen LogP contribution is -2.45. The second-order valence-electron chi connectivity index (χ2n) is 3.49. The molecule has 0 aromatic heterocycles. The van der Waals surface area contributed by atoms with E-state index in [2.05, 4.69) is 14.2 Å². The van der Waals surface area contributed by atoms with Crippen molar-refractivity contribution < 1.29 is 41.3 Å². The lowest BCUT2D eigenvalue weighted by molar-refractivity contribution is -0.391. The summed E-state index contributed by atoms with van der Waals surface area (Å²) in [4.78, 5) is 0. The Labute approximate surface area is 93.3 Å². The first-order valence-electron chi connectivity index (χ1n) is 4.67. The van der Waals surface area contributed by atoms with Gasteiger partial charge in [0.05, 0.1) is 6.61 Å². The Morgan fingerprint density at radius 1 is 1.41 bits per heavy atom. The van der Waals surface area contributed by atoms with Crippen LogP contribution < -0.4 is 0 Å². The zero-order chi connectivity index (χ0) is 13.3. The number of ether oxygens (including phenoxy) is 3. The van der Waals surface area contributed by atoms with E-state index in [-0.39, 0.29) is 13.0 Å². The minimum absolute atomic E-state index is 0.0789. The Morgan fingerprint density at radius 2 is 2.00 bits per heavy atom. The van der Waals surface area contributed by atoms with E-state index in [1.165, 1.54) is 0 Å². The van der Waals surface area contributed by atoms with Crippen LogP contribution in [-0.4, -0.2) is 42.7 Å². The van der Waals surface area contributed by atoms with Crippen molar-refractivity contribution in [3.8, 4) is 0 Å². The number of hydrogen-bond donors (Lipinski definition) is 1. The predicted octanol–water partition coefficient (Wildman–Crippen LogP) is 1.63. The van der Waals surface area contributed by atoms with Crippen LogP contribution in [-0.2, 0) is 14.2 Å². The van der Waals surface area contributed by atoms with Gasteiger partial charge in [-0.2, -0.15) is 17.6 Å². The van der Waals surface area contributed by atoms with Gasteiger partial charge in [-0.3, -0.25) is 4.74 Å². The smallest absolute Gasteiger partial charge is 0.396 e. The van der Waals surface area contributed by atoms with Crippen LogP contribution in [0.2, 0.25) is 0 Å². The molecule has 1 aliphatic heterocycles. The van der Waals surface area contributed by atoms with Crippen LogP contribution in [0, 0.1) is 0 Å². The summed E-state index contributed by atoms with van der Waals surface area (Å²) in [5, 5.41) is 8.37. The normalized spacial score (nSPS) is 38.6. The Morgan fingerprint density at radius 3 is 2.41 bits per heavy atom. The topological polar surface area (TPSA) is 47.9 Å². The van der Waals surface area contributed by atoms with E-state index in [9.17, 15) is 22.0 Å². The van der Waals surface area contributed by atoms with Crippen LogP contribution in [0.1, 0.15) is 13.3 Å². The van der Waals surface area contributed by atoms with E-state index < -0.39 is 31.0 Å². The summed E-state index contributed by atoms with van der Waals surface area (Å²) in [5.41, 5.74) is 0. The minimum atomic E-state index is -5.11. The maximum Gasteiger partial charge on any atom is 0.443 e. The molecule has 9 heteroatoms. The summed E-state index contributed by atoms with van der Waals surface area (Å²) in [7, 11) is 0. The van der Waals surface area contributed by atoms with Gasteiger partial charge < -0.3 is 14.6 Å². The number of hydrogen-bond acceptors (Lipinski definition) is 4. The Kier molecular flexibility index (Phi) is 3.97. The minimum Gasteiger partial charge on any atom is -0.396 e. The first-order chi connectivity index (χ1) is 7.65. The first-order valence-corrected chi connectivity index (χ1v) is 4.67. The second-order valence-corrected chi connectivity index (χ2v) is 3.49. The molecule has 3 atom stereocenters. The van der Waals surface area contributed by atoms with Gasteiger partial charge in [0.15, 0.2) is 0 Å². The third-order valence-electron chi connectivity index (χ3n) is 2.05. The van der Waals surface area contributed by atoms with Crippen molar-refractivity contribution >= 4 is 0 Å². The van der Waals surface area contributed by atoms with Crippen LogP contribution in [0.3, 0.4) is 0 Å². The molecule has 1 N–H and O–H groups in total. The molecule has 17 heavy (non-hydrogen) atoms. The monoisotopic (exact) mass is 266 g/mol. The van der Waals surface area contributed by atoms with Crippen molar-refractivity contribution in [1.82, 2.24) is 0 Å². The highest BCUT2D eigenvalue weighted by atomic mass is 19.4. The number of aliphatic hydroxyl groups excluding tert-OH is 1. The van der Waals surface area contributed by atoms with Gasteiger partial charge in [0.25, 0.3) is 12.1 Å². The van der Waals surface area contributed by atoms with E-state index >= 15 is 0 Å². The molecular weight excluding hydrogens is 255 g/mol. The highest BCUT2D eigenvalue weighted by Crippen LogP contribution is 2.47. The molecule has 102 valence electrons. The lowest BCUT2D eigenvalue weighted by Gasteiger charge is -2.26. The molecule has 1 fully saturated rings. The molecule has 1 rings (SSSR count). The standard InChI is InChI=1S/C8H11F5O4/c1-6(8(11,12)13)16-5(9)7(10,17-6)15-4-2-3-14/h5,14H,2-4H2,1H3. The van der Waals surface area contributed by atoms with Crippen LogP contribution in [0.15, 0.2) is 0 Å². The van der Waals surface area contributed by atoms with Crippen LogP contribution in [0.5, 0.6) is 0 Å². The highest BCUT2D eigenvalue weighted by Gasteiger charge is 2.69. The van der Waals surface area contributed by atoms with Crippen molar-refractivity contribution in [3.05, 3.63) is 0 Å². The van der Waals surface area contributed by atoms with E-state index in [4.69, 9.17) is 5.11 Å². The average Bonchev–Trinajstić information content (AvgIpc) is 2.38. The second kappa shape index (κ2) is 4.63. The zero-order valence-corrected chi connectivity index (χ0v) is 8.76. The van der Waals surface area contributed by atoms with Crippen molar-refractivity contribution in [2.75, 3.05) is 13.2 Å². The number of rotatable bonds is 4. The quantitative estimate of drug-likeness (QED) is 0.620. The molecule has 1 saturated heterocycles. The summed E-state index contributed by atoms with van der Waals surface area (Å²) in [6.45, 7) is -0.550. The summed E-state index contributed by atoms with van der Waals surface area (Å²) in [6.07, 6.45) is -8.21. The number of alkyl halides is 5. The van der Waals surface area contributed by atoms with E-state index in [1.807, 2.05) is 0 Å². The SMILES string of the molecule is CC1(C(F)(F)F)OC(F)C(F)(OCCCO)O1. The fourth-order valence-corrected chi connectivity index (χ4v) is 1.10. The van der Waals surface area contributed by atoms with E-state index in [0.29, 0.717) is 6.92 Å². The molecule has 0 radical (unpaired) electrons. The van der Waals surface area contributed by atoms with Crippen LogP contribution in [0.4, 0.5) is 22.0 Å². The molecule has 0 aromatic rings.